The van der Waals surface area contributed by atoms with Crippen LogP contribution in [0.5, 0.6) is 17.2 Å². The van der Waals surface area contributed by atoms with Crippen LogP contribution in [0.4, 0.5) is 0 Å². The summed E-state index contributed by atoms with van der Waals surface area (Å²) in [6.45, 7) is 4.18. The zero-order valence-corrected chi connectivity index (χ0v) is 14.8. The average molecular weight is 345 g/mol. The predicted octanol–water partition coefficient (Wildman–Crippen LogP) is 1.61. The summed E-state index contributed by atoms with van der Waals surface area (Å²) in [6.07, 6.45) is 0. The molecule has 23 heavy (non-hydrogen) atoms. The normalized spacial score (nSPS) is 15.0. The standard InChI is InChI=1S/C16H24N2O4.ClH/c1-10(12-7-17-8-12)16(19)18-9-11-5-6-13(20-2)15(22-4)14(11)21-3;/h5-6,10,12,17H,7-9H2,1-4H3,(H,18,19);1H. The first-order valence-electron chi connectivity index (χ1n) is 7.38. The van der Waals surface area contributed by atoms with Crippen LogP contribution in [0, 0.1) is 11.8 Å². The maximum atomic E-state index is 12.2. The van der Waals surface area contributed by atoms with E-state index in [1.165, 1.54) is 0 Å². The van der Waals surface area contributed by atoms with Gasteiger partial charge in [0.2, 0.25) is 11.7 Å². The summed E-state index contributed by atoms with van der Waals surface area (Å²) in [5.41, 5.74) is 0.854. The summed E-state index contributed by atoms with van der Waals surface area (Å²) in [6, 6.07) is 3.68. The summed E-state index contributed by atoms with van der Waals surface area (Å²) < 4.78 is 16.0. The maximum absolute atomic E-state index is 12.2. The third kappa shape index (κ3) is 4.20. The molecule has 0 aromatic heterocycles. The van der Waals surface area contributed by atoms with Crippen LogP contribution in [0.2, 0.25) is 0 Å². The molecule has 2 rings (SSSR count). The number of carbonyl (C=O) groups is 1. The fourth-order valence-electron chi connectivity index (χ4n) is 2.52. The lowest BCUT2D eigenvalue weighted by Crippen LogP contribution is -2.49. The molecule has 0 spiro atoms. The SMILES string of the molecule is COc1ccc(CNC(=O)C(C)C2CNC2)c(OC)c1OC.Cl. The third-order valence-electron chi connectivity index (χ3n) is 4.17. The molecule has 130 valence electrons. The minimum atomic E-state index is 0. The number of amides is 1. The zero-order valence-electron chi connectivity index (χ0n) is 14.0. The highest BCUT2D eigenvalue weighted by Crippen LogP contribution is 2.39. The first-order valence-corrected chi connectivity index (χ1v) is 7.38. The predicted molar refractivity (Wildman–Crippen MR) is 90.7 cm³/mol. The van der Waals surface area contributed by atoms with Crippen molar-refractivity contribution in [3.63, 3.8) is 0 Å². The second-order valence-electron chi connectivity index (χ2n) is 5.42. The van der Waals surface area contributed by atoms with Gasteiger partial charge < -0.3 is 24.8 Å². The Hall–Kier alpha value is -1.66. The average Bonchev–Trinajstić information content (AvgIpc) is 2.49. The molecule has 1 amide bonds. The summed E-state index contributed by atoms with van der Waals surface area (Å²) in [7, 11) is 4.72. The van der Waals surface area contributed by atoms with E-state index in [1.807, 2.05) is 19.1 Å². The van der Waals surface area contributed by atoms with E-state index < -0.39 is 0 Å². The molecule has 1 aliphatic heterocycles. The number of rotatable bonds is 7. The number of halogens is 1. The van der Waals surface area contributed by atoms with Gasteiger partial charge in [-0.05, 0) is 31.1 Å². The van der Waals surface area contributed by atoms with Crippen LogP contribution in [0.1, 0.15) is 12.5 Å². The number of nitrogens with one attached hydrogen (secondary N) is 2. The van der Waals surface area contributed by atoms with Crippen molar-refractivity contribution < 1.29 is 19.0 Å². The fraction of sp³-hybridized carbons (Fsp3) is 0.562. The van der Waals surface area contributed by atoms with Crippen LogP contribution < -0.4 is 24.8 Å². The molecule has 2 N–H and O–H groups in total. The van der Waals surface area contributed by atoms with Crippen molar-refractivity contribution in [2.45, 2.75) is 13.5 Å². The van der Waals surface area contributed by atoms with Crippen molar-refractivity contribution in [2.75, 3.05) is 34.4 Å². The van der Waals surface area contributed by atoms with Crippen LogP contribution in [0.3, 0.4) is 0 Å². The highest BCUT2D eigenvalue weighted by Gasteiger charge is 2.28. The molecule has 1 atom stereocenters. The van der Waals surface area contributed by atoms with Gasteiger partial charge >= 0.3 is 0 Å². The summed E-state index contributed by atoms with van der Waals surface area (Å²) >= 11 is 0. The Morgan fingerprint density at radius 3 is 2.35 bits per heavy atom. The lowest BCUT2D eigenvalue weighted by atomic mass is 9.88. The molecule has 1 aromatic carbocycles. The highest BCUT2D eigenvalue weighted by atomic mass is 35.5. The van der Waals surface area contributed by atoms with Crippen molar-refractivity contribution >= 4 is 18.3 Å². The van der Waals surface area contributed by atoms with E-state index in [4.69, 9.17) is 14.2 Å². The van der Waals surface area contributed by atoms with Crippen LogP contribution in [0.25, 0.3) is 0 Å². The molecular formula is C16H25ClN2O4. The van der Waals surface area contributed by atoms with Gasteiger partial charge in [0.05, 0.1) is 21.3 Å². The first-order chi connectivity index (χ1) is 10.6. The van der Waals surface area contributed by atoms with Gasteiger partial charge in [-0.1, -0.05) is 6.92 Å². The Bertz CT molecular complexity index is 535. The number of hydrogen-bond acceptors (Lipinski definition) is 5. The molecule has 1 aromatic rings. The van der Waals surface area contributed by atoms with E-state index in [2.05, 4.69) is 10.6 Å². The van der Waals surface area contributed by atoms with E-state index >= 15 is 0 Å². The monoisotopic (exact) mass is 344 g/mol. The Kier molecular flexibility index (Phi) is 7.45. The second kappa shape index (κ2) is 8.84. The molecule has 1 aliphatic rings. The van der Waals surface area contributed by atoms with Gasteiger partial charge in [0.25, 0.3) is 0 Å². The molecule has 1 heterocycles. The number of hydrogen-bond donors (Lipinski definition) is 2. The van der Waals surface area contributed by atoms with E-state index in [0.29, 0.717) is 29.7 Å². The number of carbonyl (C=O) groups excluding carboxylic acids is 1. The lowest BCUT2D eigenvalue weighted by molar-refractivity contribution is -0.126. The maximum Gasteiger partial charge on any atom is 0.223 e. The highest BCUT2D eigenvalue weighted by molar-refractivity contribution is 5.85. The van der Waals surface area contributed by atoms with Gasteiger partial charge in [0.1, 0.15) is 0 Å². The zero-order chi connectivity index (χ0) is 16.1. The van der Waals surface area contributed by atoms with E-state index in [9.17, 15) is 4.79 Å². The molecular weight excluding hydrogens is 320 g/mol. The van der Waals surface area contributed by atoms with Crippen LogP contribution >= 0.6 is 12.4 Å². The van der Waals surface area contributed by atoms with Gasteiger partial charge in [-0.3, -0.25) is 4.79 Å². The molecule has 1 unspecified atom stereocenters. The van der Waals surface area contributed by atoms with Crippen molar-refractivity contribution in [3.05, 3.63) is 17.7 Å². The van der Waals surface area contributed by atoms with Gasteiger partial charge in [-0.15, -0.1) is 12.4 Å². The largest absolute Gasteiger partial charge is 0.493 e. The first kappa shape index (κ1) is 19.4. The molecule has 7 heteroatoms. The van der Waals surface area contributed by atoms with Gasteiger partial charge in [0, 0.05) is 18.0 Å². The van der Waals surface area contributed by atoms with Gasteiger partial charge in [-0.2, -0.15) is 0 Å². The van der Waals surface area contributed by atoms with Crippen LogP contribution in [-0.4, -0.2) is 40.3 Å². The smallest absolute Gasteiger partial charge is 0.223 e. The summed E-state index contributed by atoms with van der Waals surface area (Å²) in [5.74, 6) is 2.21. The van der Waals surface area contributed by atoms with Crippen molar-refractivity contribution in [2.24, 2.45) is 11.8 Å². The van der Waals surface area contributed by atoms with Gasteiger partial charge in [-0.25, -0.2) is 0 Å². The molecule has 0 saturated carbocycles. The molecule has 6 nitrogen and oxygen atoms in total. The molecule has 1 fully saturated rings. The fourth-order valence-corrected chi connectivity index (χ4v) is 2.52. The quantitative estimate of drug-likeness (QED) is 0.786. The van der Waals surface area contributed by atoms with Crippen LogP contribution in [0.15, 0.2) is 12.1 Å². The van der Waals surface area contributed by atoms with Crippen LogP contribution in [-0.2, 0) is 11.3 Å². The molecule has 0 aliphatic carbocycles. The Balaban J connectivity index is 0.00000264. The summed E-state index contributed by atoms with van der Waals surface area (Å²) in [5, 5.41) is 6.15. The lowest BCUT2D eigenvalue weighted by Gasteiger charge is -2.31. The third-order valence-corrected chi connectivity index (χ3v) is 4.17. The number of methoxy groups -OCH3 is 3. The van der Waals surface area contributed by atoms with E-state index in [-0.39, 0.29) is 24.2 Å². The van der Waals surface area contributed by atoms with Crippen molar-refractivity contribution in [3.8, 4) is 17.2 Å². The molecule has 1 saturated heterocycles. The van der Waals surface area contributed by atoms with E-state index in [1.54, 1.807) is 21.3 Å². The Morgan fingerprint density at radius 2 is 1.87 bits per heavy atom. The Labute approximate surface area is 143 Å². The second-order valence-corrected chi connectivity index (χ2v) is 5.42. The minimum absolute atomic E-state index is 0. The minimum Gasteiger partial charge on any atom is -0.493 e. The Morgan fingerprint density at radius 1 is 1.22 bits per heavy atom. The number of benzene rings is 1. The van der Waals surface area contributed by atoms with Crippen molar-refractivity contribution in [1.29, 1.82) is 0 Å². The van der Waals surface area contributed by atoms with E-state index in [0.717, 1.165) is 18.7 Å². The molecule has 0 bridgehead atoms. The van der Waals surface area contributed by atoms with Gasteiger partial charge in [0.15, 0.2) is 11.5 Å². The topological polar surface area (TPSA) is 68.8 Å². The molecule has 0 radical (unpaired) electrons. The number of ether oxygens (including phenoxy) is 3. The van der Waals surface area contributed by atoms with Crippen molar-refractivity contribution in [1.82, 2.24) is 10.6 Å². The summed E-state index contributed by atoms with van der Waals surface area (Å²) in [4.78, 5) is 12.2.